The van der Waals surface area contributed by atoms with Crippen LogP contribution in [0.5, 0.6) is 0 Å². The Hall–Kier alpha value is -2.86. The highest BCUT2D eigenvalue weighted by atomic mass is 19.1. The van der Waals surface area contributed by atoms with Gasteiger partial charge in [0, 0.05) is 48.9 Å². The molecule has 1 amide bonds. The van der Waals surface area contributed by atoms with Gasteiger partial charge in [0.15, 0.2) is 0 Å². The Kier molecular flexibility index (Phi) is 6.24. The number of rotatable bonds is 6. The van der Waals surface area contributed by atoms with Crippen molar-refractivity contribution in [2.45, 2.75) is 59.7 Å². The number of nitrogens with two attached hydrogens (primary N) is 1. The number of benzene rings is 2. The Bertz CT molecular complexity index is 1170. The Morgan fingerprint density at radius 1 is 1.22 bits per heavy atom. The SMILES string of the molecule is CCCn1c(C)c(C)c2cc(C(=O)N3CCC(N)C3)cc(NCc3ccc(F)cc3C)c21. The molecular weight excluding hydrogens is 403 g/mol. The minimum absolute atomic E-state index is 0.0288. The molecule has 1 unspecified atom stereocenters. The lowest BCUT2D eigenvalue weighted by Crippen LogP contribution is -2.31. The summed E-state index contributed by atoms with van der Waals surface area (Å²) in [6, 6.07) is 8.91. The van der Waals surface area contributed by atoms with Crippen LogP contribution < -0.4 is 11.1 Å². The molecule has 1 fully saturated rings. The van der Waals surface area contributed by atoms with Crippen LogP contribution in [-0.4, -0.2) is 34.5 Å². The van der Waals surface area contributed by atoms with Gasteiger partial charge in [-0.05, 0) is 74.6 Å². The fourth-order valence-corrected chi connectivity index (χ4v) is 4.74. The molecule has 1 aliphatic rings. The van der Waals surface area contributed by atoms with Gasteiger partial charge in [-0.3, -0.25) is 4.79 Å². The monoisotopic (exact) mass is 436 g/mol. The summed E-state index contributed by atoms with van der Waals surface area (Å²) in [6.45, 7) is 11.1. The number of halogens is 1. The number of aryl methyl sites for hydroxylation is 3. The number of hydrogen-bond acceptors (Lipinski definition) is 3. The number of anilines is 1. The minimum Gasteiger partial charge on any atom is -0.379 e. The molecule has 0 spiro atoms. The molecule has 1 aliphatic heterocycles. The lowest BCUT2D eigenvalue weighted by atomic mass is 10.1. The second-order valence-corrected chi connectivity index (χ2v) is 9.01. The van der Waals surface area contributed by atoms with Gasteiger partial charge in [0.05, 0.1) is 11.2 Å². The maximum Gasteiger partial charge on any atom is 0.254 e. The van der Waals surface area contributed by atoms with Gasteiger partial charge in [-0.1, -0.05) is 13.0 Å². The molecular formula is C26H33FN4O. The molecule has 0 aliphatic carbocycles. The van der Waals surface area contributed by atoms with Crippen LogP contribution in [0.4, 0.5) is 10.1 Å². The van der Waals surface area contributed by atoms with E-state index in [9.17, 15) is 9.18 Å². The molecule has 32 heavy (non-hydrogen) atoms. The number of aromatic nitrogens is 1. The summed E-state index contributed by atoms with van der Waals surface area (Å²) in [6.07, 6.45) is 1.86. The quantitative estimate of drug-likeness (QED) is 0.578. The van der Waals surface area contributed by atoms with E-state index >= 15 is 0 Å². The van der Waals surface area contributed by atoms with Crippen molar-refractivity contribution in [3.8, 4) is 0 Å². The van der Waals surface area contributed by atoms with Crippen molar-refractivity contribution in [1.29, 1.82) is 0 Å². The average Bonchev–Trinajstić information content (AvgIpc) is 3.30. The number of carbonyl (C=O) groups excluding carboxylic acids is 1. The van der Waals surface area contributed by atoms with E-state index in [0.717, 1.165) is 47.1 Å². The van der Waals surface area contributed by atoms with Gasteiger partial charge in [0.2, 0.25) is 0 Å². The highest BCUT2D eigenvalue weighted by Gasteiger charge is 2.26. The summed E-state index contributed by atoms with van der Waals surface area (Å²) in [7, 11) is 0. The van der Waals surface area contributed by atoms with E-state index in [0.29, 0.717) is 25.2 Å². The highest BCUT2D eigenvalue weighted by Crippen LogP contribution is 2.34. The van der Waals surface area contributed by atoms with Crippen LogP contribution in [-0.2, 0) is 13.1 Å². The molecule has 6 heteroatoms. The van der Waals surface area contributed by atoms with Crippen molar-refractivity contribution < 1.29 is 9.18 Å². The molecule has 2 heterocycles. The Morgan fingerprint density at radius 2 is 2.00 bits per heavy atom. The molecule has 4 rings (SSSR count). The zero-order valence-corrected chi connectivity index (χ0v) is 19.5. The van der Waals surface area contributed by atoms with Gasteiger partial charge >= 0.3 is 0 Å². The summed E-state index contributed by atoms with van der Waals surface area (Å²) < 4.78 is 15.9. The van der Waals surface area contributed by atoms with Crippen LogP contribution in [0.2, 0.25) is 0 Å². The van der Waals surface area contributed by atoms with Crippen molar-refractivity contribution in [2.24, 2.45) is 5.73 Å². The predicted molar refractivity (Wildman–Crippen MR) is 129 cm³/mol. The van der Waals surface area contributed by atoms with Crippen LogP contribution in [0.1, 0.15) is 52.5 Å². The van der Waals surface area contributed by atoms with E-state index in [4.69, 9.17) is 5.73 Å². The Balaban J connectivity index is 1.78. The number of nitrogens with zero attached hydrogens (tertiary/aromatic N) is 2. The van der Waals surface area contributed by atoms with Crippen LogP contribution in [0.25, 0.3) is 10.9 Å². The molecule has 2 aromatic carbocycles. The minimum atomic E-state index is -0.229. The highest BCUT2D eigenvalue weighted by molar-refractivity contribution is 6.04. The largest absolute Gasteiger partial charge is 0.379 e. The van der Waals surface area contributed by atoms with Gasteiger partial charge in [-0.2, -0.15) is 0 Å². The maximum atomic E-state index is 13.5. The first-order valence-electron chi connectivity index (χ1n) is 11.5. The first-order valence-corrected chi connectivity index (χ1v) is 11.5. The number of amides is 1. The predicted octanol–water partition coefficient (Wildman–Crippen LogP) is 4.90. The van der Waals surface area contributed by atoms with E-state index < -0.39 is 0 Å². The fourth-order valence-electron chi connectivity index (χ4n) is 4.74. The lowest BCUT2D eigenvalue weighted by Gasteiger charge is -2.18. The zero-order valence-electron chi connectivity index (χ0n) is 19.5. The lowest BCUT2D eigenvalue weighted by molar-refractivity contribution is 0.0791. The molecule has 1 saturated heterocycles. The van der Waals surface area contributed by atoms with Gasteiger partial charge in [0.25, 0.3) is 5.91 Å². The smallest absolute Gasteiger partial charge is 0.254 e. The topological polar surface area (TPSA) is 63.3 Å². The molecule has 3 aromatic rings. The molecule has 0 bridgehead atoms. The van der Waals surface area contributed by atoms with Crippen LogP contribution >= 0.6 is 0 Å². The number of likely N-dealkylation sites (tertiary alicyclic amines) is 1. The first kappa shape index (κ1) is 22.3. The van der Waals surface area contributed by atoms with Crippen LogP contribution in [0, 0.1) is 26.6 Å². The van der Waals surface area contributed by atoms with Crippen molar-refractivity contribution >= 4 is 22.5 Å². The number of nitrogens with one attached hydrogen (secondary N) is 1. The second-order valence-electron chi connectivity index (χ2n) is 9.01. The van der Waals surface area contributed by atoms with E-state index in [2.05, 4.69) is 30.7 Å². The second kappa shape index (κ2) is 8.94. The molecule has 170 valence electrons. The third-order valence-electron chi connectivity index (χ3n) is 6.71. The van der Waals surface area contributed by atoms with E-state index in [1.54, 1.807) is 6.07 Å². The standard InChI is InChI=1S/C26H33FN4O/c1-5-9-31-18(4)17(3)23-12-20(26(32)30-10-8-22(28)15-30)13-24(25(23)31)29-14-19-6-7-21(27)11-16(19)2/h6-7,11-13,22,29H,5,8-10,14-15,28H2,1-4H3. The summed E-state index contributed by atoms with van der Waals surface area (Å²) in [4.78, 5) is 15.1. The third kappa shape index (κ3) is 4.11. The summed E-state index contributed by atoms with van der Waals surface area (Å²) in [5.41, 5.74) is 13.1. The number of fused-ring (bicyclic) bond motifs is 1. The van der Waals surface area contributed by atoms with Crippen molar-refractivity contribution in [1.82, 2.24) is 9.47 Å². The average molecular weight is 437 g/mol. The maximum absolute atomic E-state index is 13.5. The molecule has 0 saturated carbocycles. The number of hydrogen-bond donors (Lipinski definition) is 2. The van der Waals surface area contributed by atoms with Crippen molar-refractivity contribution in [3.63, 3.8) is 0 Å². The zero-order chi connectivity index (χ0) is 23.0. The van der Waals surface area contributed by atoms with Crippen LogP contribution in [0.15, 0.2) is 30.3 Å². The fraction of sp³-hybridized carbons (Fsp3) is 0.423. The normalized spacial score (nSPS) is 16.2. The summed E-state index contributed by atoms with van der Waals surface area (Å²) in [5.74, 6) is -0.200. The Labute approximate surface area is 189 Å². The van der Waals surface area contributed by atoms with E-state index in [1.165, 1.54) is 17.3 Å². The molecule has 3 N–H and O–H groups in total. The molecule has 5 nitrogen and oxygen atoms in total. The third-order valence-corrected chi connectivity index (χ3v) is 6.71. The van der Waals surface area contributed by atoms with Gasteiger partial charge in [-0.25, -0.2) is 4.39 Å². The van der Waals surface area contributed by atoms with Gasteiger partial charge in [0.1, 0.15) is 5.82 Å². The van der Waals surface area contributed by atoms with E-state index in [1.807, 2.05) is 30.0 Å². The van der Waals surface area contributed by atoms with E-state index in [-0.39, 0.29) is 17.8 Å². The van der Waals surface area contributed by atoms with Gasteiger partial charge in [-0.15, -0.1) is 0 Å². The summed E-state index contributed by atoms with van der Waals surface area (Å²) >= 11 is 0. The Morgan fingerprint density at radius 3 is 2.66 bits per heavy atom. The van der Waals surface area contributed by atoms with Crippen molar-refractivity contribution in [3.05, 3.63) is 64.1 Å². The van der Waals surface area contributed by atoms with Crippen molar-refractivity contribution in [2.75, 3.05) is 18.4 Å². The molecule has 1 aromatic heterocycles. The summed E-state index contributed by atoms with van der Waals surface area (Å²) in [5, 5.41) is 4.66. The molecule has 1 atom stereocenters. The first-order chi connectivity index (χ1) is 15.3. The number of carbonyl (C=O) groups is 1. The molecule has 0 radical (unpaired) electrons. The van der Waals surface area contributed by atoms with Crippen LogP contribution in [0.3, 0.4) is 0 Å². The van der Waals surface area contributed by atoms with Gasteiger partial charge < -0.3 is 20.5 Å².